The zero-order chi connectivity index (χ0) is 20.2. The molecule has 0 amide bonds. The van der Waals surface area contributed by atoms with E-state index in [1.165, 1.54) is 42.3 Å². The van der Waals surface area contributed by atoms with Crippen LogP contribution in [-0.4, -0.2) is 25.3 Å². The Morgan fingerprint density at radius 2 is 1.97 bits per heavy atom. The second-order valence-electron chi connectivity index (χ2n) is 6.70. The molecular weight excluding hydrogens is 388 g/mol. The fourth-order valence-corrected chi connectivity index (χ4v) is 3.98. The topological polar surface area (TPSA) is 94.0 Å². The number of hydrogen-bond donors (Lipinski definition) is 1. The van der Waals surface area contributed by atoms with E-state index in [1.807, 2.05) is 12.1 Å². The highest BCUT2D eigenvalue weighted by atomic mass is 32.2. The molecule has 7 nitrogen and oxygen atoms in total. The highest BCUT2D eigenvalue weighted by Gasteiger charge is 2.12. The molecule has 2 aromatic heterocycles. The minimum atomic E-state index is -0.457. The average Bonchev–Trinajstić information content (AvgIpc) is 3.19. The van der Waals surface area contributed by atoms with E-state index >= 15 is 0 Å². The van der Waals surface area contributed by atoms with E-state index < -0.39 is 5.63 Å². The normalized spacial score (nSPS) is 11.2. The van der Waals surface area contributed by atoms with Crippen molar-refractivity contribution in [1.29, 1.82) is 0 Å². The van der Waals surface area contributed by atoms with Crippen LogP contribution in [-0.2, 0) is 12.2 Å². The van der Waals surface area contributed by atoms with Crippen LogP contribution in [0.15, 0.2) is 62.9 Å². The van der Waals surface area contributed by atoms with Crippen LogP contribution in [0.5, 0.6) is 5.75 Å². The van der Waals surface area contributed by atoms with Gasteiger partial charge in [-0.1, -0.05) is 37.2 Å². The summed E-state index contributed by atoms with van der Waals surface area (Å²) in [5.41, 5.74) is 2.88. The minimum Gasteiger partial charge on any atom is -0.508 e. The zero-order valence-electron chi connectivity index (χ0n) is 15.9. The number of fused-ring (bicyclic) bond motifs is 1. The lowest BCUT2D eigenvalue weighted by atomic mass is 10.1. The Bertz CT molecular complexity index is 1180. The minimum absolute atomic E-state index is 0.0526. The number of nitrogens with zero attached hydrogens (tertiary/aromatic N) is 4. The molecule has 1 N–H and O–H groups in total. The fourth-order valence-electron chi connectivity index (χ4n) is 3.10. The molecule has 0 fully saturated rings. The third kappa shape index (κ3) is 4.32. The molecule has 4 rings (SSSR count). The molecule has 0 aliphatic rings. The van der Waals surface area contributed by atoms with Gasteiger partial charge < -0.3 is 9.52 Å². The van der Waals surface area contributed by atoms with Crippen molar-refractivity contribution in [2.75, 3.05) is 0 Å². The quantitative estimate of drug-likeness (QED) is 0.363. The summed E-state index contributed by atoms with van der Waals surface area (Å²) in [6.07, 6.45) is 3.40. The molecule has 29 heavy (non-hydrogen) atoms. The molecule has 0 saturated carbocycles. The van der Waals surface area contributed by atoms with Crippen molar-refractivity contribution < 1.29 is 9.52 Å². The van der Waals surface area contributed by atoms with Gasteiger partial charge in [0.05, 0.1) is 5.69 Å². The fraction of sp³-hybridized carbons (Fsp3) is 0.238. The molecule has 4 aromatic rings. The second-order valence-corrected chi connectivity index (χ2v) is 7.65. The van der Waals surface area contributed by atoms with Gasteiger partial charge in [0.15, 0.2) is 0 Å². The van der Waals surface area contributed by atoms with Crippen LogP contribution >= 0.6 is 11.8 Å². The molecule has 0 atom stereocenters. The molecule has 8 heteroatoms. The summed E-state index contributed by atoms with van der Waals surface area (Å²) in [6, 6.07) is 14.4. The number of tetrazole rings is 1. The molecule has 0 spiro atoms. The maximum atomic E-state index is 11.9. The average molecular weight is 408 g/mol. The van der Waals surface area contributed by atoms with Gasteiger partial charge in [-0.3, -0.25) is 0 Å². The van der Waals surface area contributed by atoms with Gasteiger partial charge >= 0.3 is 5.63 Å². The number of hydrogen-bond acceptors (Lipinski definition) is 7. The Hall–Kier alpha value is -3.13. The predicted molar refractivity (Wildman–Crippen MR) is 111 cm³/mol. The zero-order valence-corrected chi connectivity index (χ0v) is 16.7. The lowest BCUT2D eigenvalue weighted by Gasteiger charge is -2.07. The van der Waals surface area contributed by atoms with E-state index in [9.17, 15) is 9.90 Å². The summed E-state index contributed by atoms with van der Waals surface area (Å²) in [6.45, 7) is 2.18. The monoisotopic (exact) mass is 408 g/mol. The van der Waals surface area contributed by atoms with Crippen molar-refractivity contribution >= 4 is 22.7 Å². The number of thioether (sulfide) groups is 1. The van der Waals surface area contributed by atoms with E-state index in [2.05, 4.69) is 34.6 Å². The van der Waals surface area contributed by atoms with E-state index in [4.69, 9.17) is 4.42 Å². The van der Waals surface area contributed by atoms with E-state index in [0.717, 1.165) is 23.1 Å². The predicted octanol–water partition coefficient (Wildman–Crippen LogP) is 4.11. The summed E-state index contributed by atoms with van der Waals surface area (Å²) >= 11 is 1.43. The molecular formula is C21H20N4O3S. The van der Waals surface area contributed by atoms with Crippen LogP contribution in [0, 0.1) is 0 Å². The smallest absolute Gasteiger partial charge is 0.336 e. The summed E-state index contributed by atoms with van der Waals surface area (Å²) < 4.78 is 6.87. The van der Waals surface area contributed by atoms with Crippen molar-refractivity contribution in [3.63, 3.8) is 0 Å². The Morgan fingerprint density at radius 1 is 1.14 bits per heavy atom. The number of unbranched alkanes of at least 4 members (excludes halogenated alkanes) is 1. The van der Waals surface area contributed by atoms with Crippen molar-refractivity contribution in [3.8, 4) is 11.4 Å². The maximum Gasteiger partial charge on any atom is 0.336 e. The molecule has 2 heterocycles. The van der Waals surface area contributed by atoms with Crippen molar-refractivity contribution in [3.05, 3.63) is 70.1 Å². The van der Waals surface area contributed by atoms with Crippen molar-refractivity contribution in [2.24, 2.45) is 0 Å². The third-order valence-corrected chi connectivity index (χ3v) is 5.58. The van der Waals surface area contributed by atoms with E-state index in [-0.39, 0.29) is 5.75 Å². The van der Waals surface area contributed by atoms with Crippen LogP contribution in [0.1, 0.15) is 30.9 Å². The lowest BCUT2D eigenvalue weighted by Crippen LogP contribution is -2.02. The molecule has 0 saturated heterocycles. The molecule has 0 unspecified atom stereocenters. The maximum absolute atomic E-state index is 11.9. The van der Waals surface area contributed by atoms with Gasteiger partial charge in [0.1, 0.15) is 11.3 Å². The highest BCUT2D eigenvalue weighted by molar-refractivity contribution is 7.98. The summed E-state index contributed by atoms with van der Waals surface area (Å²) in [4.78, 5) is 11.9. The van der Waals surface area contributed by atoms with Gasteiger partial charge in [0, 0.05) is 23.3 Å². The first kappa shape index (κ1) is 19.2. The van der Waals surface area contributed by atoms with Gasteiger partial charge in [-0.15, -0.1) is 5.10 Å². The summed E-state index contributed by atoms with van der Waals surface area (Å²) in [7, 11) is 0. The van der Waals surface area contributed by atoms with Gasteiger partial charge in [-0.2, -0.15) is 4.68 Å². The number of rotatable bonds is 7. The Morgan fingerprint density at radius 3 is 2.76 bits per heavy atom. The van der Waals surface area contributed by atoms with Crippen LogP contribution in [0.4, 0.5) is 0 Å². The second kappa shape index (κ2) is 8.48. The molecule has 0 aliphatic carbocycles. The Labute approximate surface area is 171 Å². The van der Waals surface area contributed by atoms with Gasteiger partial charge in [0.2, 0.25) is 5.16 Å². The van der Waals surface area contributed by atoms with Crippen LogP contribution in [0.2, 0.25) is 0 Å². The first-order chi connectivity index (χ1) is 14.1. The standard InChI is InChI=1S/C21H20N4O3S/c1-2-3-4-14-5-7-16(8-6-14)25-21(22-23-24-25)29-13-15-11-20(27)28-19-12-17(26)9-10-18(15)19/h5-12,26H,2-4,13H2,1H3. The van der Waals surface area contributed by atoms with Crippen LogP contribution in [0.25, 0.3) is 16.7 Å². The molecule has 148 valence electrons. The number of benzene rings is 2. The first-order valence-corrected chi connectivity index (χ1v) is 10.4. The van der Waals surface area contributed by atoms with Gasteiger partial charge in [-0.25, -0.2) is 4.79 Å². The van der Waals surface area contributed by atoms with Crippen LogP contribution in [0.3, 0.4) is 0 Å². The van der Waals surface area contributed by atoms with E-state index in [1.54, 1.807) is 16.8 Å². The molecule has 0 aliphatic heterocycles. The molecule has 0 radical (unpaired) electrons. The Balaban J connectivity index is 1.56. The summed E-state index contributed by atoms with van der Waals surface area (Å²) in [5, 5.41) is 23.1. The molecule has 0 bridgehead atoms. The molecule has 2 aromatic carbocycles. The van der Waals surface area contributed by atoms with Crippen LogP contribution < -0.4 is 5.63 Å². The number of aromatic nitrogens is 4. The highest BCUT2D eigenvalue weighted by Crippen LogP contribution is 2.28. The first-order valence-electron chi connectivity index (χ1n) is 9.40. The number of aromatic hydroxyl groups is 1. The number of aryl methyl sites for hydroxylation is 1. The lowest BCUT2D eigenvalue weighted by molar-refractivity contribution is 0.473. The van der Waals surface area contributed by atoms with E-state index in [0.29, 0.717) is 16.5 Å². The Kier molecular flexibility index (Phi) is 5.62. The number of phenolic OH excluding ortho intramolecular Hbond substituents is 1. The number of phenols is 1. The third-order valence-electron chi connectivity index (χ3n) is 4.61. The van der Waals surface area contributed by atoms with Crippen molar-refractivity contribution in [2.45, 2.75) is 37.1 Å². The largest absolute Gasteiger partial charge is 0.508 e. The van der Waals surface area contributed by atoms with Gasteiger partial charge in [0.25, 0.3) is 0 Å². The summed E-state index contributed by atoms with van der Waals surface area (Å²) in [5.74, 6) is 0.541. The van der Waals surface area contributed by atoms with Crippen molar-refractivity contribution in [1.82, 2.24) is 20.2 Å². The van der Waals surface area contributed by atoms with Gasteiger partial charge in [-0.05, 0) is 58.7 Å². The SMILES string of the molecule is CCCCc1ccc(-n2nnnc2SCc2cc(=O)oc3cc(O)ccc23)cc1.